The topological polar surface area (TPSA) is 101 Å². The summed E-state index contributed by atoms with van der Waals surface area (Å²) in [4.78, 5) is 36.4. The van der Waals surface area contributed by atoms with E-state index in [1.54, 1.807) is 30.3 Å². The summed E-state index contributed by atoms with van der Waals surface area (Å²) >= 11 is 0. The molecule has 1 aliphatic heterocycles. The molecule has 19 heavy (non-hydrogen) atoms. The Morgan fingerprint density at radius 1 is 1.26 bits per heavy atom. The molecule has 0 unspecified atom stereocenters. The average Bonchev–Trinajstić information content (AvgIpc) is 2.39. The third-order valence-electron chi connectivity index (χ3n) is 3.37. The molecule has 0 saturated carbocycles. The predicted octanol–water partition coefficient (Wildman–Crippen LogP) is 0.710. The normalized spacial score (nSPS) is 23.2. The number of primary amides is 1. The van der Waals surface area contributed by atoms with Crippen LogP contribution in [0.25, 0.3) is 0 Å². The molecule has 0 bridgehead atoms. The molecule has 1 aromatic carbocycles. The maximum Gasteiger partial charge on any atom is 0.408 e. The van der Waals surface area contributed by atoms with Gasteiger partial charge >= 0.3 is 6.09 Å². The van der Waals surface area contributed by atoms with Gasteiger partial charge in [-0.3, -0.25) is 14.5 Å². The number of piperidine rings is 1. The summed E-state index contributed by atoms with van der Waals surface area (Å²) < 4.78 is 0. The lowest BCUT2D eigenvalue weighted by molar-refractivity contribution is -0.145. The number of hydrogen-bond acceptors (Lipinski definition) is 3. The highest BCUT2D eigenvalue weighted by Crippen LogP contribution is 2.35. The Balaban J connectivity index is 2.67. The second-order valence-corrected chi connectivity index (χ2v) is 4.40. The quantitative estimate of drug-likeness (QED) is 0.766. The van der Waals surface area contributed by atoms with E-state index in [-0.39, 0.29) is 13.0 Å². The number of likely N-dealkylation sites (tertiary alicyclic amines) is 1. The van der Waals surface area contributed by atoms with Crippen molar-refractivity contribution in [2.75, 3.05) is 6.54 Å². The third kappa shape index (κ3) is 1.85. The van der Waals surface area contributed by atoms with Crippen LogP contribution >= 0.6 is 0 Å². The molecule has 1 fully saturated rings. The lowest BCUT2D eigenvalue weighted by atomic mass is 9.78. The van der Waals surface area contributed by atoms with Crippen LogP contribution in [0.15, 0.2) is 30.3 Å². The first-order valence-corrected chi connectivity index (χ1v) is 5.90. The highest BCUT2D eigenvalue weighted by molar-refractivity contribution is 6.12. The summed E-state index contributed by atoms with van der Waals surface area (Å²) in [5.74, 6) is -1.43. The number of benzene rings is 1. The number of carbonyl (C=O) groups is 3. The molecule has 100 valence electrons. The third-order valence-corrected chi connectivity index (χ3v) is 3.37. The van der Waals surface area contributed by atoms with E-state index in [9.17, 15) is 19.5 Å². The van der Waals surface area contributed by atoms with Crippen LogP contribution in [-0.2, 0) is 15.1 Å². The number of ketones is 1. The van der Waals surface area contributed by atoms with E-state index in [2.05, 4.69) is 0 Å². The summed E-state index contributed by atoms with van der Waals surface area (Å²) in [6.45, 7) is 0.110. The summed E-state index contributed by atoms with van der Waals surface area (Å²) in [6.07, 6.45) is -0.787. The summed E-state index contributed by atoms with van der Waals surface area (Å²) in [5.41, 5.74) is 3.79. The highest BCUT2D eigenvalue weighted by atomic mass is 16.4. The number of amides is 2. The fourth-order valence-electron chi connectivity index (χ4n) is 2.54. The average molecular weight is 262 g/mol. The Bertz CT molecular complexity index is 529. The van der Waals surface area contributed by atoms with Gasteiger partial charge in [0.25, 0.3) is 5.91 Å². The van der Waals surface area contributed by atoms with E-state index in [0.717, 1.165) is 4.90 Å². The van der Waals surface area contributed by atoms with Crippen LogP contribution in [0.4, 0.5) is 4.79 Å². The Labute approximate surface area is 109 Å². The zero-order valence-electron chi connectivity index (χ0n) is 10.2. The van der Waals surface area contributed by atoms with Crippen LogP contribution in [0.1, 0.15) is 18.4 Å². The van der Waals surface area contributed by atoms with E-state index in [4.69, 9.17) is 5.73 Å². The van der Waals surface area contributed by atoms with Crippen LogP contribution in [-0.4, -0.2) is 34.3 Å². The van der Waals surface area contributed by atoms with Crippen molar-refractivity contribution in [3.63, 3.8) is 0 Å². The monoisotopic (exact) mass is 262 g/mol. The van der Waals surface area contributed by atoms with Crippen LogP contribution in [0, 0.1) is 0 Å². The van der Waals surface area contributed by atoms with Crippen molar-refractivity contribution in [3.8, 4) is 0 Å². The zero-order chi connectivity index (χ0) is 14.0. The van der Waals surface area contributed by atoms with Gasteiger partial charge in [0.05, 0.1) is 0 Å². The van der Waals surface area contributed by atoms with Crippen LogP contribution in [0.2, 0.25) is 0 Å². The molecule has 0 aliphatic carbocycles. The van der Waals surface area contributed by atoms with Gasteiger partial charge in [0.1, 0.15) is 0 Å². The number of carboxylic acid groups (broad SMARTS) is 1. The van der Waals surface area contributed by atoms with Crippen molar-refractivity contribution in [1.29, 1.82) is 0 Å². The van der Waals surface area contributed by atoms with E-state index in [1.807, 2.05) is 0 Å². The lowest BCUT2D eigenvalue weighted by Gasteiger charge is -2.41. The van der Waals surface area contributed by atoms with Gasteiger partial charge in [0.2, 0.25) is 5.54 Å². The molecule has 0 spiro atoms. The van der Waals surface area contributed by atoms with Crippen molar-refractivity contribution in [3.05, 3.63) is 35.9 Å². The molecule has 0 aromatic heterocycles. The van der Waals surface area contributed by atoms with Crippen molar-refractivity contribution in [2.45, 2.75) is 18.4 Å². The molecule has 1 saturated heterocycles. The summed E-state index contributed by atoms with van der Waals surface area (Å²) in [6, 6.07) is 8.09. The van der Waals surface area contributed by atoms with Crippen molar-refractivity contribution in [1.82, 2.24) is 4.90 Å². The van der Waals surface area contributed by atoms with E-state index < -0.39 is 23.3 Å². The maximum atomic E-state index is 12.3. The molecule has 0 radical (unpaired) electrons. The van der Waals surface area contributed by atoms with Gasteiger partial charge < -0.3 is 10.8 Å². The number of nitrogens with zero attached hydrogens (tertiary/aromatic N) is 1. The smallest absolute Gasteiger partial charge is 0.408 e. The lowest BCUT2D eigenvalue weighted by Crippen LogP contribution is -2.63. The van der Waals surface area contributed by atoms with E-state index in [1.165, 1.54) is 0 Å². The fourth-order valence-corrected chi connectivity index (χ4v) is 2.54. The van der Waals surface area contributed by atoms with Gasteiger partial charge in [-0.1, -0.05) is 30.3 Å². The van der Waals surface area contributed by atoms with Gasteiger partial charge in [-0.15, -0.1) is 0 Å². The van der Waals surface area contributed by atoms with Gasteiger partial charge in [0.15, 0.2) is 5.78 Å². The Morgan fingerprint density at radius 2 is 1.89 bits per heavy atom. The number of nitrogens with two attached hydrogens (primary N) is 1. The molecule has 6 heteroatoms. The van der Waals surface area contributed by atoms with E-state index in [0.29, 0.717) is 12.0 Å². The molecule has 1 atom stereocenters. The van der Waals surface area contributed by atoms with Gasteiger partial charge in [-0.05, 0) is 12.0 Å². The van der Waals surface area contributed by atoms with Crippen molar-refractivity contribution >= 4 is 17.8 Å². The first-order valence-electron chi connectivity index (χ1n) is 5.90. The first-order chi connectivity index (χ1) is 9.01. The minimum atomic E-state index is -1.90. The molecule has 1 heterocycles. The first kappa shape index (κ1) is 13.1. The number of Topliss-reactive ketones (excluding diaryl/α,β-unsaturated/α-hetero) is 1. The molecule has 6 nitrogen and oxygen atoms in total. The van der Waals surface area contributed by atoms with Crippen LogP contribution in [0.5, 0.6) is 0 Å². The standard InChI is InChI=1S/C13H14N2O4/c14-11(17)13(9-5-2-1-3-6-9)10(16)7-4-8-15(13)12(18)19/h1-3,5-6H,4,7-8H2,(H2,14,17)(H,18,19)/t13-/m0/s1. The summed E-state index contributed by atoms with van der Waals surface area (Å²) in [7, 11) is 0. The highest BCUT2D eigenvalue weighted by Gasteiger charge is 2.54. The molecule has 1 aliphatic rings. The number of rotatable bonds is 2. The SMILES string of the molecule is NC(=O)[C@]1(c2ccccc2)C(=O)CCCN1C(=O)O. The number of hydrogen-bond donors (Lipinski definition) is 2. The molecule has 2 rings (SSSR count). The fraction of sp³-hybridized carbons (Fsp3) is 0.308. The molecular formula is C13H14N2O4. The minimum absolute atomic E-state index is 0.110. The van der Waals surface area contributed by atoms with Gasteiger partial charge in [0, 0.05) is 13.0 Å². The largest absolute Gasteiger partial charge is 0.465 e. The minimum Gasteiger partial charge on any atom is -0.465 e. The zero-order valence-corrected chi connectivity index (χ0v) is 10.2. The van der Waals surface area contributed by atoms with Crippen molar-refractivity contribution in [2.24, 2.45) is 5.73 Å². The second kappa shape index (κ2) is 4.72. The number of carbonyl (C=O) groups excluding carboxylic acids is 2. The van der Waals surface area contributed by atoms with Gasteiger partial charge in [-0.2, -0.15) is 0 Å². The Hall–Kier alpha value is -2.37. The van der Waals surface area contributed by atoms with Crippen molar-refractivity contribution < 1.29 is 19.5 Å². The van der Waals surface area contributed by atoms with E-state index >= 15 is 0 Å². The predicted molar refractivity (Wildman–Crippen MR) is 66.3 cm³/mol. The second-order valence-electron chi connectivity index (χ2n) is 4.40. The Kier molecular flexibility index (Phi) is 3.25. The maximum absolute atomic E-state index is 12.3. The molecule has 2 amide bonds. The summed E-state index contributed by atoms with van der Waals surface area (Å²) in [5, 5.41) is 9.27. The van der Waals surface area contributed by atoms with Crippen LogP contribution < -0.4 is 5.73 Å². The molecule has 3 N–H and O–H groups in total. The van der Waals surface area contributed by atoms with Gasteiger partial charge in [-0.25, -0.2) is 4.79 Å². The molecule has 1 aromatic rings. The molecular weight excluding hydrogens is 248 g/mol. The van der Waals surface area contributed by atoms with Crippen LogP contribution in [0.3, 0.4) is 0 Å². The Morgan fingerprint density at radius 3 is 2.42 bits per heavy atom.